The average molecular weight is 344 g/mol. The fourth-order valence-corrected chi connectivity index (χ4v) is 2.72. The molecule has 2 N–H and O–H groups in total. The summed E-state index contributed by atoms with van der Waals surface area (Å²) in [4.78, 5) is 23.3. The third-order valence-corrected chi connectivity index (χ3v) is 4.18. The number of aliphatic carboxylic acids is 1. The molecule has 1 saturated heterocycles. The van der Waals surface area contributed by atoms with Crippen molar-refractivity contribution in [1.82, 2.24) is 20.3 Å². The van der Waals surface area contributed by atoms with Crippen LogP contribution in [0.4, 0.5) is 0 Å². The highest BCUT2D eigenvalue weighted by atomic mass is 16.5. The van der Waals surface area contributed by atoms with Crippen molar-refractivity contribution in [3.05, 3.63) is 42.2 Å². The van der Waals surface area contributed by atoms with Gasteiger partial charge in [0.15, 0.2) is 6.10 Å². The molecule has 0 unspecified atom stereocenters. The summed E-state index contributed by atoms with van der Waals surface area (Å²) in [5.74, 6) is -1.39. The molecule has 1 amide bonds. The molecule has 1 aromatic carbocycles. The van der Waals surface area contributed by atoms with Crippen molar-refractivity contribution in [2.24, 2.45) is 0 Å². The Morgan fingerprint density at radius 3 is 2.56 bits per heavy atom. The Balaban J connectivity index is 1.69. The SMILES string of the molecule is CC(C)(NC(=O)[C@@H]1CC[C@H](C(=O)O)O1)c1cn(-c2ccccc2)nn1. The first-order valence-electron chi connectivity index (χ1n) is 8.05. The number of aromatic nitrogens is 3. The summed E-state index contributed by atoms with van der Waals surface area (Å²) in [5.41, 5.74) is 0.693. The molecule has 0 saturated carbocycles. The Hall–Kier alpha value is -2.74. The van der Waals surface area contributed by atoms with E-state index in [1.54, 1.807) is 10.9 Å². The van der Waals surface area contributed by atoms with E-state index >= 15 is 0 Å². The highest BCUT2D eigenvalue weighted by Gasteiger charge is 2.37. The van der Waals surface area contributed by atoms with Crippen LogP contribution in [0.1, 0.15) is 32.4 Å². The number of nitrogens with zero attached hydrogens (tertiary/aromatic N) is 3. The fourth-order valence-electron chi connectivity index (χ4n) is 2.72. The van der Waals surface area contributed by atoms with Crippen LogP contribution in [0.5, 0.6) is 0 Å². The molecule has 25 heavy (non-hydrogen) atoms. The highest BCUT2D eigenvalue weighted by molar-refractivity contribution is 5.83. The maximum atomic E-state index is 12.4. The van der Waals surface area contributed by atoms with E-state index in [1.807, 2.05) is 44.2 Å². The molecule has 0 bridgehead atoms. The van der Waals surface area contributed by atoms with Crippen LogP contribution in [0.2, 0.25) is 0 Å². The molecule has 2 atom stereocenters. The van der Waals surface area contributed by atoms with Crippen LogP contribution < -0.4 is 5.32 Å². The second-order valence-electron chi connectivity index (χ2n) is 6.53. The van der Waals surface area contributed by atoms with Crippen molar-refractivity contribution < 1.29 is 19.4 Å². The van der Waals surface area contributed by atoms with Crippen LogP contribution in [0.25, 0.3) is 5.69 Å². The number of carboxylic acid groups (broad SMARTS) is 1. The van der Waals surface area contributed by atoms with Gasteiger partial charge in [0.25, 0.3) is 0 Å². The van der Waals surface area contributed by atoms with E-state index in [4.69, 9.17) is 9.84 Å². The van der Waals surface area contributed by atoms with E-state index in [0.717, 1.165) is 5.69 Å². The molecule has 8 nitrogen and oxygen atoms in total. The van der Waals surface area contributed by atoms with Gasteiger partial charge in [-0.1, -0.05) is 23.4 Å². The van der Waals surface area contributed by atoms with Gasteiger partial charge in [-0.05, 0) is 38.8 Å². The van der Waals surface area contributed by atoms with E-state index in [1.165, 1.54) is 0 Å². The number of rotatable bonds is 5. The summed E-state index contributed by atoms with van der Waals surface area (Å²) in [6.07, 6.45) is 0.793. The number of hydrogen-bond acceptors (Lipinski definition) is 5. The van der Waals surface area contributed by atoms with Gasteiger partial charge in [-0.25, -0.2) is 9.48 Å². The molecule has 1 aliphatic rings. The minimum Gasteiger partial charge on any atom is -0.479 e. The summed E-state index contributed by atoms with van der Waals surface area (Å²) in [5, 5.41) is 20.1. The first-order chi connectivity index (χ1) is 11.9. The Kier molecular flexibility index (Phi) is 4.54. The van der Waals surface area contributed by atoms with Gasteiger partial charge in [0, 0.05) is 0 Å². The van der Waals surface area contributed by atoms with Gasteiger partial charge >= 0.3 is 5.97 Å². The van der Waals surface area contributed by atoms with Crippen LogP contribution in [0, 0.1) is 0 Å². The zero-order valence-electron chi connectivity index (χ0n) is 14.0. The van der Waals surface area contributed by atoms with Gasteiger partial charge in [0.05, 0.1) is 17.4 Å². The van der Waals surface area contributed by atoms with Gasteiger partial charge in [0.2, 0.25) is 5.91 Å². The van der Waals surface area contributed by atoms with E-state index in [9.17, 15) is 9.59 Å². The molecule has 0 spiro atoms. The highest BCUT2D eigenvalue weighted by Crippen LogP contribution is 2.23. The van der Waals surface area contributed by atoms with Crippen LogP contribution in [-0.4, -0.2) is 44.2 Å². The molecule has 2 heterocycles. The lowest BCUT2D eigenvalue weighted by molar-refractivity contribution is -0.152. The van der Waals surface area contributed by atoms with E-state index in [2.05, 4.69) is 15.6 Å². The second kappa shape index (κ2) is 6.64. The van der Waals surface area contributed by atoms with Gasteiger partial charge in [-0.2, -0.15) is 0 Å². The lowest BCUT2D eigenvalue weighted by Crippen LogP contribution is -2.46. The van der Waals surface area contributed by atoms with Crippen LogP contribution in [-0.2, 0) is 19.9 Å². The number of carbonyl (C=O) groups is 2. The first kappa shape index (κ1) is 17.1. The summed E-state index contributed by atoms with van der Waals surface area (Å²) < 4.78 is 6.92. The lowest BCUT2D eigenvalue weighted by atomic mass is 10.0. The third kappa shape index (κ3) is 3.69. The number of amides is 1. The number of hydrogen-bond donors (Lipinski definition) is 2. The van der Waals surface area contributed by atoms with Crippen LogP contribution >= 0.6 is 0 Å². The smallest absolute Gasteiger partial charge is 0.332 e. The minimum atomic E-state index is -1.04. The molecular formula is C17H20N4O4. The molecule has 8 heteroatoms. The molecule has 0 radical (unpaired) electrons. The Morgan fingerprint density at radius 1 is 1.24 bits per heavy atom. The lowest BCUT2D eigenvalue weighted by Gasteiger charge is -2.25. The van der Waals surface area contributed by atoms with Crippen LogP contribution in [0.15, 0.2) is 36.5 Å². The summed E-state index contributed by atoms with van der Waals surface area (Å²) in [7, 11) is 0. The molecule has 2 aromatic rings. The van der Waals surface area contributed by atoms with Gasteiger partial charge < -0.3 is 15.2 Å². The van der Waals surface area contributed by atoms with Crippen molar-refractivity contribution in [3.63, 3.8) is 0 Å². The monoisotopic (exact) mass is 344 g/mol. The summed E-state index contributed by atoms with van der Waals surface area (Å²) >= 11 is 0. The quantitative estimate of drug-likeness (QED) is 0.845. The Bertz CT molecular complexity index is 772. The number of nitrogens with one attached hydrogen (secondary N) is 1. The molecule has 1 aromatic heterocycles. The maximum absolute atomic E-state index is 12.4. The molecule has 3 rings (SSSR count). The van der Waals surface area contributed by atoms with Crippen LogP contribution in [0.3, 0.4) is 0 Å². The molecule has 132 valence electrons. The topological polar surface area (TPSA) is 106 Å². The van der Waals surface area contributed by atoms with Crippen molar-refractivity contribution in [3.8, 4) is 5.69 Å². The van der Waals surface area contributed by atoms with Crippen molar-refractivity contribution >= 4 is 11.9 Å². The number of ether oxygens (including phenoxy) is 1. The number of benzene rings is 1. The second-order valence-corrected chi connectivity index (χ2v) is 6.53. The van der Waals surface area contributed by atoms with Gasteiger partial charge in [-0.3, -0.25) is 4.79 Å². The summed E-state index contributed by atoms with van der Waals surface area (Å²) in [6.45, 7) is 3.63. The largest absolute Gasteiger partial charge is 0.479 e. The average Bonchev–Trinajstić information content (AvgIpc) is 3.25. The minimum absolute atomic E-state index is 0.331. The zero-order chi connectivity index (χ0) is 18.0. The fraction of sp³-hybridized carbons (Fsp3) is 0.412. The van der Waals surface area contributed by atoms with Gasteiger partial charge in [0.1, 0.15) is 11.8 Å². The molecule has 1 aliphatic heterocycles. The van der Waals surface area contributed by atoms with Gasteiger partial charge in [-0.15, -0.1) is 5.10 Å². The van der Waals surface area contributed by atoms with E-state index < -0.39 is 23.7 Å². The summed E-state index contributed by atoms with van der Waals surface area (Å²) in [6, 6.07) is 9.53. The van der Waals surface area contributed by atoms with Crippen molar-refractivity contribution in [1.29, 1.82) is 0 Å². The van der Waals surface area contributed by atoms with E-state index in [0.29, 0.717) is 18.5 Å². The number of carboxylic acids is 1. The molecule has 0 aliphatic carbocycles. The number of para-hydroxylation sites is 1. The normalized spacial score (nSPS) is 20.4. The van der Waals surface area contributed by atoms with Crippen molar-refractivity contribution in [2.75, 3.05) is 0 Å². The first-order valence-corrected chi connectivity index (χ1v) is 8.05. The predicted molar refractivity (Wildman–Crippen MR) is 88.1 cm³/mol. The Morgan fingerprint density at radius 2 is 1.92 bits per heavy atom. The van der Waals surface area contributed by atoms with Crippen molar-refractivity contribution in [2.45, 2.75) is 44.4 Å². The Labute approximate surface area is 144 Å². The zero-order valence-corrected chi connectivity index (χ0v) is 14.0. The molecular weight excluding hydrogens is 324 g/mol. The molecule has 1 fully saturated rings. The predicted octanol–water partition coefficient (Wildman–Crippen LogP) is 1.25. The standard InChI is InChI=1S/C17H20N4O4/c1-17(2,18-15(22)12-8-9-13(25-12)16(23)24)14-10-21(20-19-14)11-6-4-3-5-7-11/h3-7,10,12-13H,8-9H2,1-2H3,(H,18,22)(H,23,24)/t12-,13+/m0/s1. The third-order valence-electron chi connectivity index (χ3n) is 4.18. The van der Waals surface area contributed by atoms with E-state index in [-0.39, 0.29) is 5.91 Å². The maximum Gasteiger partial charge on any atom is 0.332 e. The number of carbonyl (C=O) groups excluding carboxylic acids is 1.